The Labute approximate surface area is 73.2 Å². The van der Waals surface area contributed by atoms with Gasteiger partial charge in [-0.25, -0.2) is 9.18 Å². The van der Waals surface area contributed by atoms with Gasteiger partial charge in [0, 0.05) is 0 Å². The van der Waals surface area contributed by atoms with Crippen molar-refractivity contribution in [3.05, 3.63) is 23.5 Å². The molecule has 0 atom stereocenters. The zero-order valence-corrected chi connectivity index (χ0v) is 6.74. The van der Waals surface area contributed by atoms with Gasteiger partial charge in [0.2, 0.25) is 0 Å². The van der Waals surface area contributed by atoms with Crippen LogP contribution in [0.3, 0.4) is 0 Å². The fourth-order valence-corrected chi connectivity index (χ4v) is 0.917. The molecule has 1 aromatic carbocycles. The number of aromatic carboxylic acids is 1. The molecule has 0 aromatic heterocycles. The molecule has 2 N–H and O–H groups in total. The van der Waals surface area contributed by atoms with Crippen LogP contribution in [0, 0.1) is 5.82 Å². The average Bonchev–Trinajstić information content (AvgIpc) is 2.08. The Balaban J connectivity index is 3.41. The maximum Gasteiger partial charge on any atom is 0.342 e. The Morgan fingerprint density at radius 3 is 2.62 bits per heavy atom. The first-order chi connectivity index (χ1) is 6.07. The lowest BCUT2D eigenvalue weighted by Crippen LogP contribution is -2.03. The molecule has 0 bridgehead atoms. The lowest BCUT2D eigenvalue weighted by atomic mass is 10.2. The monoisotopic (exact) mass is 186 g/mol. The maximum absolute atomic E-state index is 13.0. The number of halogens is 1. The van der Waals surface area contributed by atoms with E-state index < -0.39 is 23.1 Å². The van der Waals surface area contributed by atoms with E-state index in [-0.39, 0.29) is 5.75 Å². The minimum Gasteiger partial charge on any atom is -0.505 e. The van der Waals surface area contributed by atoms with Crippen LogP contribution in [0.2, 0.25) is 0 Å². The van der Waals surface area contributed by atoms with Gasteiger partial charge >= 0.3 is 5.97 Å². The Kier molecular flexibility index (Phi) is 2.36. The highest BCUT2D eigenvalue weighted by molar-refractivity contribution is 5.91. The normalized spacial score (nSPS) is 9.69. The molecule has 0 saturated heterocycles. The number of methoxy groups -OCH3 is 1. The van der Waals surface area contributed by atoms with Crippen molar-refractivity contribution in [1.82, 2.24) is 0 Å². The van der Waals surface area contributed by atoms with Gasteiger partial charge in [0.25, 0.3) is 0 Å². The van der Waals surface area contributed by atoms with Crippen LogP contribution in [-0.2, 0) is 0 Å². The molecule has 1 rings (SSSR count). The number of hydrogen-bond donors (Lipinski definition) is 2. The molecule has 0 heterocycles. The number of benzene rings is 1. The summed E-state index contributed by atoms with van der Waals surface area (Å²) >= 11 is 0. The van der Waals surface area contributed by atoms with Crippen LogP contribution in [0.4, 0.5) is 4.39 Å². The Hall–Kier alpha value is -1.78. The third-order valence-corrected chi connectivity index (χ3v) is 1.52. The van der Waals surface area contributed by atoms with Gasteiger partial charge in [0.1, 0.15) is 11.3 Å². The summed E-state index contributed by atoms with van der Waals surface area (Å²) in [5, 5.41) is 17.4. The van der Waals surface area contributed by atoms with Gasteiger partial charge in [-0.15, -0.1) is 0 Å². The van der Waals surface area contributed by atoms with Crippen molar-refractivity contribution >= 4 is 5.97 Å². The second-order valence-electron chi connectivity index (χ2n) is 2.28. The van der Waals surface area contributed by atoms with Crippen LogP contribution in [0.15, 0.2) is 12.1 Å². The number of hydrogen-bond acceptors (Lipinski definition) is 3. The van der Waals surface area contributed by atoms with Gasteiger partial charge in [-0.3, -0.25) is 0 Å². The quantitative estimate of drug-likeness (QED) is 0.729. The second kappa shape index (κ2) is 3.30. The molecule has 0 unspecified atom stereocenters. The van der Waals surface area contributed by atoms with Crippen molar-refractivity contribution < 1.29 is 24.1 Å². The third-order valence-electron chi connectivity index (χ3n) is 1.52. The molecule has 0 aliphatic heterocycles. The van der Waals surface area contributed by atoms with Crippen LogP contribution in [0.5, 0.6) is 11.5 Å². The Morgan fingerprint density at radius 2 is 2.15 bits per heavy atom. The molecular formula is C8H7FO4. The summed E-state index contributed by atoms with van der Waals surface area (Å²) in [6.07, 6.45) is 0. The van der Waals surface area contributed by atoms with E-state index in [0.717, 1.165) is 6.07 Å². The number of rotatable bonds is 2. The molecule has 5 heteroatoms. The van der Waals surface area contributed by atoms with Gasteiger partial charge in [-0.2, -0.15) is 0 Å². The summed E-state index contributed by atoms with van der Waals surface area (Å²) in [7, 11) is 1.22. The molecular weight excluding hydrogens is 179 g/mol. The Morgan fingerprint density at radius 1 is 1.54 bits per heavy atom. The molecule has 0 radical (unpaired) electrons. The van der Waals surface area contributed by atoms with E-state index in [1.807, 2.05) is 0 Å². The minimum atomic E-state index is -1.48. The average molecular weight is 186 g/mol. The van der Waals surface area contributed by atoms with Crippen molar-refractivity contribution in [2.75, 3.05) is 7.11 Å². The van der Waals surface area contributed by atoms with Gasteiger partial charge in [-0.1, -0.05) is 0 Å². The highest BCUT2D eigenvalue weighted by atomic mass is 19.1. The standard InChI is InChI=1S/C8H7FO4/c1-13-5-3-2-4(10)7(9)6(5)8(11)12/h2-3,10H,1H3,(H,11,12). The predicted molar refractivity (Wildman–Crippen MR) is 41.6 cm³/mol. The van der Waals surface area contributed by atoms with Crippen molar-refractivity contribution in [2.24, 2.45) is 0 Å². The van der Waals surface area contributed by atoms with Crippen LogP contribution in [0.1, 0.15) is 10.4 Å². The van der Waals surface area contributed by atoms with Crippen molar-refractivity contribution in [2.45, 2.75) is 0 Å². The van der Waals surface area contributed by atoms with Crippen LogP contribution in [0.25, 0.3) is 0 Å². The second-order valence-corrected chi connectivity index (χ2v) is 2.28. The van der Waals surface area contributed by atoms with E-state index in [1.54, 1.807) is 0 Å². The van der Waals surface area contributed by atoms with Gasteiger partial charge in [-0.05, 0) is 12.1 Å². The van der Waals surface area contributed by atoms with E-state index in [9.17, 15) is 9.18 Å². The molecule has 4 nitrogen and oxygen atoms in total. The fraction of sp³-hybridized carbons (Fsp3) is 0.125. The van der Waals surface area contributed by atoms with Crippen LogP contribution < -0.4 is 4.74 Å². The van der Waals surface area contributed by atoms with Crippen LogP contribution in [-0.4, -0.2) is 23.3 Å². The van der Waals surface area contributed by atoms with E-state index >= 15 is 0 Å². The molecule has 0 aliphatic carbocycles. The molecule has 0 saturated carbocycles. The number of ether oxygens (including phenoxy) is 1. The lowest BCUT2D eigenvalue weighted by Gasteiger charge is -2.05. The first-order valence-electron chi connectivity index (χ1n) is 3.36. The number of phenolic OH excluding ortho intramolecular Hbond substituents is 1. The largest absolute Gasteiger partial charge is 0.505 e. The van der Waals surface area contributed by atoms with Gasteiger partial charge in [0.15, 0.2) is 11.6 Å². The van der Waals surface area contributed by atoms with Crippen LogP contribution >= 0.6 is 0 Å². The molecule has 13 heavy (non-hydrogen) atoms. The zero-order chi connectivity index (χ0) is 10.0. The van der Waals surface area contributed by atoms with E-state index in [1.165, 1.54) is 13.2 Å². The highest BCUT2D eigenvalue weighted by Crippen LogP contribution is 2.27. The Bertz CT molecular complexity index is 348. The summed E-state index contributed by atoms with van der Waals surface area (Å²) in [6, 6.07) is 2.21. The van der Waals surface area contributed by atoms with Crippen molar-refractivity contribution in [1.29, 1.82) is 0 Å². The molecule has 70 valence electrons. The number of phenols is 1. The first kappa shape index (κ1) is 9.31. The summed E-state index contributed by atoms with van der Waals surface area (Å²) in [5.41, 5.74) is -0.664. The third kappa shape index (κ3) is 1.53. The van der Waals surface area contributed by atoms with Crippen molar-refractivity contribution in [3.8, 4) is 11.5 Å². The predicted octanol–water partition coefficient (Wildman–Crippen LogP) is 1.24. The first-order valence-corrected chi connectivity index (χ1v) is 3.36. The molecule has 0 spiro atoms. The number of carboxylic acid groups (broad SMARTS) is 1. The summed E-state index contributed by atoms with van der Waals surface area (Å²) in [5.74, 6) is -3.50. The summed E-state index contributed by atoms with van der Waals surface area (Å²) in [4.78, 5) is 10.5. The number of carbonyl (C=O) groups is 1. The van der Waals surface area contributed by atoms with Crippen molar-refractivity contribution in [3.63, 3.8) is 0 Å². The summed E-state index contributed by atoms with van der Waals surface area (Å²) in [6.45, 7) is 0. The fourth-order valence-electron chi connectivity index (χ4n) is 0.917. The van der Waals surface area contributed by atoms with Gasteiger partial charge in [0.05, 0.1) is 7.11 Å². The lowest BCUT2D eigenvalue weighted by molar-refractivity contribution is 0.0687. The van der Waals surface area contributed by atoms with E-state index in [2.05, 4.69) is 4.74 Å². The number of carboxylic acids is 1. The topological polar surface area (TPSA) is 66.8 Å². The summed E-state index contributed by atoms with van der Waals surface area (Å²) < 4.78 is 17.6. The SMILES string of the molecule is COc1ccc(O)c(F)c1C(=O)O. The molecule has 1 aromatic rings. The molecule has 0 aliphatic rings. The van der Waals surface area contributed by atoms with E-state index in [0.29, 0.717) is 0 Å². The molecule has 0 fully saturated rings. The smallest absolute Gasteiger partial charge is 0.342 e. The number of aromatic hydroxyl groups is 1. The molecule has 0 amide bonds. The maximum atomic E-state index is 13.0. The van der Waals surface area contributed by atoms with Gasteiger partial charge < -0.3 is 14.9 Å². The highest BCUT2D eigenvalue weighted by Gasteiger charge is 2.19. The minimum absolute atomic E-state index is 0.122. The zero-order valence-electron chi connectivity index (χ0n) is 6.74. The van der Waals surface area contributed by atoms with E-state index in [4.69, 9.17) is 10.2 Å².